The Morgan fingerprint density at radius 3 is 2.58 bits per heavy atom. The smallest absolute Gasteiger partial charge is 0.244 e. The van der Waals surface area contributed by atoms with Crippen LogP contribution in [0.4, 0.5) is 0 Å². The van der Waals surface area contributed by atoms with Crippen molar-refractivity contribution in [2.24, 2.45) is 5.10 Å². The van der Waals surface area contributed by atoms with E-state index in [2.05, 4.69) is 10.5 Å². The van der Waals surface area contributed by atoms with Crippen LogP contribution in [0.1, 0.15) is 25.0 Å². The average Bonchev–Trinajstić information content (AvgIpc) is 2.56. The van der Waals surface area contributed by atoms with Gasteiger partial charge in [0.05, 0.1) is 25.8 Å². The van der Waals surface area contributed by atoms with E-state index in [1.54, 1.807) is 13.3 Å². The lowest BCUT2D eigenvalue weighted by Crippen LogP contribution is -2.19. The lowest BCUT2D eigenvalue weighted by Gasteiger charge is -2.13. The van der Waals surface area contributed by atoms with Crippen molar-refractivity contribution in [1.82, 2.24) is 5.43 Å². The van der Waals surface area contributed by atoms with Crippen molar-refractivity contribution in [2.75, 3.05) is 7.11 Å². The highest BCUT2D eigenvalue weighted by atomic mass is 16.5. The zero-order chi connectivity index (χ0) is 17.4. The summed E-state index contributed by atoms with van der Waals surface area (Å²) in [5.41, 5.74) is 4.28. The van der Waals surface area contributed by atoms with Gasteiger partial charge in [-0.25, -0.2) is 5.43 Å². The average molecular weight is 326 g/mol. The first-order chi connectivity index (χ1) is 11.6. The molecule has 0 radical (unpaired) electrons. The summed E-state index contributed by atoms with van der Waals surface area (Å²) < 4.78 is 11.0. The standard InChI is InChI=1S/C19H22N2O3/c1-14(2)24-17-10-9-16(11-18(17)23-3)13-20-21-19(22)12-15-7-5-4-6-8-15/h4-11,13-14H,12H2,1-3H3,(H,21,22)/b20-13-. The summed E-state index contributed by atoms with van der Waals surface area (Å²) in [5.74, 6) is 1.14. The van der Waals surface area contributed by atoms with Crippen molar-refractivity contribution in [2.45, 2.75) is 26.4 Å². The van der Waals surface area contributed by atoms with E-state index >= 15 is 0 Å². The number of nitrogens with one attached hydrogen (secondary N) is 1. The number of rotatable bonds is 7. The minimum absolute atomic E-state index is 0.0655. The predicted octanol–water partition coefficient (Wildman–Crippen LogP) is 3.18. The van der Waals surface area contributed by atoms with Crippen LogP contribution in [0.2, 0.25) is 0 Å². The summed E-state index contributed by atoms with van der Waals surface area (Å²) in [5, 5.41) is 3.98. The maximum absolute atomic E-state index is 11.8. The lowest BCUT2D eigenvalue weighted by molar-refractivity contribution is -0.120. The zero-order valence-electron chi connectivity index (χ0n) is 14.2. The fourth-order valence-corrected chi connectivity index (χ4v) is 2.12. The summed E-state index contributed by atoms with van der Waals surface area (Å²) in [6.07, 6.45) is 1.93. The van der Waals surface area contributed by atoms with Gasteiger partial charge in [-0.3, -0.25) is 4.79 Å². The molecular weight excluding hydrogens is 304 g/mol. The van der Waals surface area contributed by atoms with Gasteiger partial charge < -0.3 is 9.47 Å². The monoisotopic (exact) mass is 326 g/mol. The number of hydrogen-bond acceptors (Lipinski definition) is 4. The van der Waals surface area contributed by atoms with Crippen molar-refractivity contribution in [3.63, 3.8) is 0 Å². The van der Waals surface area contributed by atoms with Gasteiger partial charge in [0.1, 0.15) is 0 Å². The first-order valence-electron chi connectivity index (χ1n) is 7.79. The number of nitrogens with zero attached hydrogens (tertiary/aromatic N) is 1. The Morgan fingerprint density at radius 2 is 1.92 bits per heavy atom. The molecule has 1 N–H and O–H groups in total. The largest absolute Gasteiger partial charge is 0.493 e. The molecule has 5 heteroatoms. The first kappa shape index (κ1) is 17.5. The van der Waals surface area contributed by atoms with Crippen LogP contribution in [0.5, 0.6) is 11.5 Å². The Kier molecular flexibility index (Phi) is 6.37. The van der Waals surface area contributed by atoms with Gasteiger partial charge in [0, 0.05) is 0 Å². The molecule has 0 unspecified atom stereocenters. The summed E-state index contributed by atoms with van der Waals surface area (Å²) >= 11 is 0. The van der Waals surface area contributed by atoms with Crippen LogP contribution in [0.25, 0.3) is 0 Å². The number of ether oxygens (including phenoxy) is 2. The van der Waals surface area contributed by atoms with Crippen molar-refractivity contribution >= 4 is 12.1 Å². The molecule has 5 nitrogen and oxygen atoms in total. The summed E-state index contributed by atoms with van der Waals surface area (Å²) in [6, 6.07) is 15.0. The Bertz CT molecular complexity index is 697. The Hall–Kier alpha value is -2.82. The van der Waals surface area contributed by atoms with Gasteiger partial charge in [0.15, 0.2) is 11.5 Å². The molecule has 0 fully saturated rings. The maximum atomic E-state index is 11.8. The van der Waals surface area contributed by atoms with Crippen molar-refractivity contribution in [3.05, 3.63) is 59.7 Å². The van der Waals surface area contributed by atoms with Gasteiger partial charge >= 0.3 is 0 Å². The molecule has 0 bridgehead atoms. The quantitative estimate of drug-likeness (QED) is 0.628. The molecule has 1 amide bonds. The van der Waals surface area contributed by atoms with Gasteiger partial charge in [-0.05, 0) is 43.2 Å². The van der Waals surface area contributed by atoms with Gasteiger partial charge in [0.2, 0.25) is 5.91 Å². The third kappa shape index (κ3) is 5.43. The lowest BCUT2D eigenvalue weighted by atomic mass is 10.1. The van der Waals surface area contributed by atoms with E-state index in [0.717, 1.165) is 11.1 Å². The number of hydrazone groups is 1. The number of hydrogen-bond donors (Lipinski definition) is 1. The molecule has 0 saturated heterocycles. The second-order valence-corrected chi connectivity index (χ2v) is 5.53. The number of methoxy groups -OCH3 is 1. The van der Waals surface area contributed by atoms with Crippen LogP contribution in [0.3, 0.4) is 0 Å². The maximum Gasteiger partial charge on any atom is 0.244 e. The molecule has 0 spiro atoms. The number of carbonyl (C=O) groups excluding carboxylic acids is 1. The summed E-state index contributed by atoms with van der Waals surface area (Å²) in [7, 11) is 1.59. The van der Waals surface area contributed by atoms with Crippen LogP contribution in [-0.2, 0) is 11.2 Å². The van der Waals surface area contributed by atoms with Crippen molar-refractivity contribution < 1.29 is 14.3 Å². The van der Waals surface area contributed by atoms with E-state index in [1.165, 1.54) is 0 Å². The number of amides is 1. The molecule has 2 aromatic carbocycles. The highest BCUT2D eigenvalue weighted by Crippen LogP contribution is 2.28. The first-order valence-corrected chi connectivity index (χ1v) is 7.79. The third-order valence-electron chi connectivity index (χ3n) is 3.16. The van der Waals surface area contributed by atoms with Crippen LogP contribution in [0, 0.1) is 0 Å². The van der Waals surface area contributed by atoms with Crippen molar-refractivity contribution in [3.8, 4) is 11.5 Å². The number of carbonyl (C=O) groups is 1. The van der Waals surface area contributed by atoms with E-state index < -0.39 is 0 Å². The van der Waals surface area contributed by atoms with E-state index in [9.17, 15) is 4.79 Å². The van der Waals surface area contributed by atoms with E-state index in [-0.39, 0.29) is 12.0 Å². The highest BCUT2D eigenvalue weighted by molar-refractivity contribution is 5.84. The van der Waals surface area contributed by atoms with Gasteiger partial charge in [0.25, 0.3) is 0 Å². The summed E-state index contributed by atoms with van der Waals surface area (Å²) in [6.45, 7) is 3.91. The van der Waals surface area contributed by atoms with E-state index in [4.69, 9.17) is 9.47 Å². The van der Waals surface area contributed by atoms with Crippen LogP contribution in [0.15, 0.2) is 53.6 Å². The van der Waals surface area contributed by atoms with Crippen LogP contribution in [-0.4, -0.2) is 25.3 Å². The van der Waals surface area contributed by atoms with E-state index in [1.807, 2.05) is 62.4 Å². The second kappa shape index (κ2) is 8.72. The molecule has 0 saturated carbocycles. The molecule has 0 atom stereocenters. The molecule has 126 valence electrons. The molecule has 0 aliphatic rings. The van der Waals surface area contributed by atoms with Crippen molar-refractivity contribution in [1.29, 1.82) is 0 Å². The molecule has 24 heavy (non-hydrogen) atoms. The van der Waals surface area contributed by atoms with Crippen LogP contribution >= 0.6 is 0 Å². The normalized spacial score (nSPS) is 10.8. The predicted molar refractivity (Wildman–Crippen MR) is 94.6 cm³/mol. The third-order valence-corrected chi connectivity index (χ3v) is 3.16. The molecule has 0 aliphatic heterocycles. The van der Waals surface area contributed by atoms with Crippen LogP contribution < -0.4 is 14.9 Å². The molecule has 2 aromatic rings. The van der Waals surface area contributed by atoms with Gasteiger partial charge in [-0.15, -0.1) is 0 Å². The molecular formula is C19H22N2O3. The van der Waals surface area contributed by atoms with Gasteiger partial charge in [-0.1, -0.05) is 30.3 Å². The fourth-order valence-electron chi connectivity index (χ4n) is 2.12. The SMILES string of the molecule is COc1cc(/C=N\NC(=O)Cc2ccccc2)ccc1OC(C)C. The minimum Gasteiger partial charge on any atom is -0.493 e. The summed E-state index contributed by atoms with van der Waals surface area (Å²) in [4.78, 5) is 11.8. The Balaban J connectivity index is 1.95. The molecule has 0 aliphatic carbocycles. The Morgan fingerprint density at radius 1 is 1.17 bits per heavy atom. The Labute approximate surface area is 142 Å². The molecule has 2 rings (SSSR count). The second-order valence-electron chi connectivity index (χ2n) is 5.53. The molecule has 0 heterocycles. The zero-order valence-corrected chi connectivity index (χ0v) is 14.2. The molecule has 0 aromatic heterocycles. The number of benzene rings is 2. The highest BCUT2D eigenvalue weighted by Gasteiger charge is 2.07. The minimum atomic E-state index is -0.163. The fraction of sp³-hybridized carbons (Fsp3) is 0.263. The topological polar surface area (TPSA) is 59.9 Å². The van der Waals surface area contributed by atoms with Gasteiger partial charge in [-0.2, -0.15) is 5.10 Å². The van der Waals surface area contributed by atoms with E-state index in [0.29, 0.717) is 17.9 Å².